The van der Waals surface area contributed by atoms with Gasteiger partial charge in [0.05, 0.1) is 5.41 Å². The third-order valence-corrected chi connectivity index (χ3v) is 3.56. The molecular weight excluding hydrogens is 233 g/mol. The standard InChI is InChI=1S/C8H12BrF3/c1-6(2)3-7(4-6,5-9)8(10,11)12/h3-5H2,1-2H3. The minimum absolute atomic E-state index is 0.0347. The van der Waals surface area contributed by atoms with Crippen LogP contribution < -0.4 is 0 Å². The summed E-state index contributed by atoms with van der Waals surface area (Å²) in [6.07, 6.45) is -3.56. The van der Waals surface area contributed by atoms with Crippen molar-refractivity contribution in [2.75, 3.05) is 5.33 Å². The molecule has 4 heteroatoms. The first-order chi connectivity index (χ1) is 5.22. The minimum Gasteiger partial charge on any atom is -0.170 e. The van der Waals surface area contributed by atoms with Crippen molar-refractivity contribution in [2.45, 2.75) is 32.9 Å². The summed E-state index contributed by atoms with van der Waals surface area (Å²) in [6.45, 7) is 3.75. The topological polar surface area (TPSA) is 0 Å². The molecule has 0 spiro atoms. The molecule has 1 saturated carbocycles. The summed E-state index contributed by atoms with van der Waals surface area (Å²) in [5.41, 5.74) is -1.58. The molecule has 1 aliphatic rings. The second-order valence-corrected chi connectivity index (χ2v) is 4.99. The lowest BCUT2D eigenvalue weighted by atomic mass is 9.55. The van der Waals surface area contributed by atoms with E-state index in [0.29, 0.717) is 0 Å². The molecule has 0 saturated heterocycles. The van der Waals surface area contributed by atoms with Crippen molar-refractivity contribution in [1.29, 1.82) is 0 Å². The molecule has 0 N–H and O–H groups in total. The van der Waals surface area contributed by atoms with Gasteiger partial charge in [-0.25, -0.2) is 0 Å². The zero-order valence-electron chi connectivity index (χ0n) is 7.13. The van der Waals surface area contributed by atoms with Crippen LogP contribution in [0.1, 0.15) is 26.7 Å². The number of alkyl halides is 4. The average molecular weight is 245 g/mol. The van der Waals surface area contributed by atoms with Crippen LogP contribution in [-0.4, -0.2) is 11.5 Å². The number of hydrogen-bond donors (Lipinski definition) is 0. The highest BCUT2D eigenvalue weighted by Crippen LogP contribution is 2.62. The monoisotopic (exact) mass is 244 g/mol. The lowest BCUT2D eigenvalue weighted by Gasteiger charge is -2.53. The molecule has 0 nitrogen and oxygen atoms in total. The summed E-state index contributed by atoms with van der Waals surface area (Å²) < 4.78 is 37.4. The maximum atomic E-state index is 12.5. The van der Waals surface area contributed by atoms with Crippen LogP contribution in [0.25, 0.3) is 0 Å². The van der Waals surface area contributed by atoms with E-state index >= 15 is 0 Å². The fourth-order valence-corrected chi connectivity index (χ4v) is 2.87. The van der Waals surface area contributed by atoms with Gasteiger partial charge in [0, 0.05) is 5.33 Å². The number of rotatable bonds is 1. The van der Waals surface area contributed by atoms with Crippen LogP contribution in [0.5, 0.6) is 0 Å². The molecule has 1 rings (SSSR count). The van der Waals surface area contributed by atoms with Crippen LogP contribution in [0, 0.1) is 10.8 Å². The molecular formula is C8H12BrF3. The fourth-order valence-electron chi connectivity index (χ4n) is 2.15. The Morgan fingerprint density at radius 3 is 1.75 bits per heavy atom. The highest BCUT2D eigenvalue weighted by atomic mass is 79.9. The molecule has 0 bridgehead atoms. The quantitative estimate of drug-likeness (QED) is 0.617. The zero-order valence-corrected chi connectivity index (χ0v) is 8.72. The summed E-state index contributed by atoms with van der Waals surface area (Å²) in [7, 11) is 0. The average Bonchev–Trinajstić information content (AvgIpc) is 1.78. The van der Waals surface area contributed by atoms with E-state index in [4.69, 9.17) is 0 Å². The van der Waals surface area contributed by atoms with Gasteiger partial charge in [-0.3, -0.25) is 0 Å². The van der Waals surface area contributed by atoms with Crippen LogP contribution in [0.4, 0.5) is 13.2 Å². The van der Waals surface area contributed by atoms with Gasteiger partial charge in [0.1, 0.15) is 0 Å². The summed E-state index contributed by atoms with van der Waals surface area (Å²) >= 11 is 2.95. The summed E-state index contributed by atoms with van der Waals surface area (Å²) in [6, 6.07) is 0. The van der Waals surface area contributed by atoms with Crippen LogP contribution in [-0.2, 0) is 0 Å². The molecule has 0 aromatic heterocycles. The molecule has 0 aromatic carbocycles. The number of hydrogen-bond acceptors (Lipinski definition) is 0. The highest BCUT2D eigenvalue weighted by molar-refractivity contribution is 9.09. The fraction of sp³-hybridized carbons (Fsp3) is 1.00. The van der Waals surface area contributed by atoms with Gasteiger partial charge in [-0.05, 0) is 18.3 Å². The van der Waals surface area contributed by atoms with Gasteiger partial charge in [-0.2, -0.15) is 13.2 Å². The predicted molar refractivity (Wildman–Crippen MR) is 45.3 cm³/mol. The van der Waals surface area contributed by atoms with Gasteiger partial charge < -0.3 is 0 Å². The van der Waals surface area contributed by atoms with Crippen molar-refractivity contribution in [1.82, 2.24) is 0 Å². The molecule has 0 unspecified atom stereocenters. The van der Waals surface area contributed by atoms with Gasteiger partial charge >= 0.3 is 6.18 Å². The molecule has 1 aliphatic carbocycles. The van der Waals surface area contributed by atoms with E-state index in [0.717, 1.165) is 0 Å². The molecule has 0 amide bonds. The van der Waals surface area contributed by atoms with Crippen molar-refractivity contribution >= 4 is 15.9 Å². The van der Waals surface area contributed by atoms with E-state index in [2.05, 4.69) is 15.9 Å². The van der Waals surface area contributed by atoms with Gasteiger partial charge in [-0.1, -0.05) is 29.8 Å². The second kappa shape index (κ2) is 2.63. The minimum atomic E-state index is -4.05. The van der Waals surface area contributed by atoms with E-state index in [9.17, 15) is 13.2 Å². The zero-order chi connectivity index (χ0) is 9.62. The molecule has 1 fully saturated rings. The third-order valence-electron chi connectivity index (χ3n) is 2.49. The smallest absolute Gasteiger partial charge is 0.170 e. The lowest BCUT2D eigenvalue weighted by Crippen LogP contribution is -2.53. The van der Waals surface area contributed by atoms with Crippen LogP contribution in [0.15, 0.2) is 0 Å². The predicted octanol–water partition coefficient (Wildman–Crippen LogP) is 3.75. The largest absolute Gasteiger partial charge is 0.395 e. The molecule has 0 radical (unpaired) electrons. The van der Waals surface area contributed by atoms with E-state index in [-0.39, 0.29) is 23.6 Å². The maximum Gasteiger partial charge on any atom is 0.395 e. The first-order valence-electron chi connectivity index (χ1n) is 3.85. The van der Waals surface area contributed by atoms with Crippen LogP contribution in [0.2, 0.25) is 0 Å². The molecule has 0 aromatic rings. The van der Waals surface area contributed by atoms with Gasteiger partial charge in [-0.15, -0.1) is 0 Å². The van der Waals surface area contributed by atoms with Gasteiger partial charge in [0.2, 0.25) is 0 Å². The molecule has 0 heterocycles. The van der Waals surface area contributed by atoms with E-state index in [1.54, 1.807) is 0 Å². The van der Waals surface area contributed by atoms with Crippen LogP contribution >= 0.6 is 15.9 Å². The van der Waals surface area contributed by atoms with E-state index < -0.39 is 11.6 Å². The van der Waals surface area contributed by atoms with Crippen molar-refractivity contribution in [3.63, 3.8) is 0 Å². The van der Waals surface area contributed by atoms with Crippen molar-refractivity contribution in [3.05, 3.63) is 0 Å². The maximum absolute atomic E-state index is 12.5. The highest BCUT2D eigenvalue weighted by Gasteiger charge is 2.63. The second-order valence-electron chi connectivity index (χ2n) is 4.43. The van der Waals surface area contributed by atoms with E-state index in [1.165, 1.54) is 0 Å². The Balaban J connectivity index is 2.72. The third kappa shape index (κ3) is 1.50. The van der Waals surface area contributed by atoms with Crippen molar-refractivity contribution in [3.8, 4) is 0 Å². The van der Waals surface area contributed by atoms with Crippen molar-refractivity contribution < 1.29 is 13.2 Å². The Morgan fingerprint density at radius 1 is 1.25 bits per heavy atom. The molecule has 0 aliphatic heterocycles. The van der Waals surface area contributed by atoms with Gasteiger partial charge in [0.25, 0.3) is 0 Å². The Labute approximate surface area is 78.7 Å². The first kappa shape index (κ1) is 10.4. The summed E-state index contributed by atoms with van der Waals surface area (Å²) in [5, 5.41) is 0.0347. The Morgan fingerprint density at radius 2 is 1.67 bits per heavy atom. The lowest BCUT2D eigenvalue weighted by molar-refractivity contribution is -0.266. The summed E-state index contributed by atoms with van der Waals surface area (Å²) in [4.78, 5) is 0. The SMILES string of the molecule is CC1(C)CC(CBr)(C(F)(F)F)C1. The Hall–Kier alpha value is 0.270. The Kier molecular flexibility index (Phi) is 2.27. The summed E-state index contributed by atoms with van der Waals surface area (Å²) in [5.74, 6) is 0. The van der Waals surface area contributed by atoms with E-state index in [1.807, 2.05) is 13.8 Å². The first-order valence-corrected chi connectivity index (χ1v) is 4.97. The molecule has 72 valence electrons. The number of halogens is 4. The normalized spacial score (nSPS) is 26.5. The van der Waals surface area contributed by atoms with Crippen molar-refractivity contribution in [2.24, 2.45) is 10.8 Å². The van der Waals surface area contributed by atoms with Crippen LogP contribution in [0.3, 0.4) is 0 Å². The Bertz CT molecular complexity index is 175. The van der Waals surface area contributed by atoms with Gasteiger partial charge in [0.15, 0.2) is 0 Å². The molecule has 12 heavy (non-hydrogen) atoms. The molecule has 0 atom stereocenters.